The molecule has 6 heteroatoms. The van der Waals surface area contributed by atoms with Crippen molar-refractivity contribution in [1.29, 1.82) is 0 Å². The second-order valence-electron chi connectivity index (χ2n) is 5.22. The normalized spacial score (nSPS) is 10.1. The van der Waals surface area contributed by atoms with Gasteiger partial charge >= 0.3 is 0 Å². The Kier molecular flexibility index (Phi) is 5.20. The fourth-order valence-electron chi connectivity index (χ4n) is 2.17. The molecule has 0 aliphatic carbocycles. The maximum atomic E-state index is 12.3. The molecule has 1 aromatic heterocycles. The van der Waals surface area contributed by atoms with Gasteiger partial charge in [-0.2, -0.15) is 0 Å². The summed E-state index contributed by atoms with van der Waals surface area (Å²) >= 11 is 3.29. The molecule has 124 valence electrons. The lowest BCUT2D eigenvalue weighted by atomic mass is 10.1. The van der Waals surface area contributed by atoms with Gasteiger partial charge in [-0.1, -0.05) is 24.3 Å². The van der Waals surface area contributed by atoms with Crippen molar-refractivity contribution in [3.05, 3.63) is 88.5 Å². The first-order valence-electron chi connectivity index (χ1n) is 7.51. The lowest BCUT2D eigenvalue weighted by Crippen LogP contribution is -2.15. The highest BCUT2D eigenvalue weighted by atomic mass is 79.9. The largest absolute Gasteiger partial charge is 0.322 e. The van der Waals surface area contributed by atoms with E-state index in [2.05, 4.69) is 31.5 Å². The molecule has 0 atom stereocenters. The lowest BCUT2D eigenvalue weighted by Gasteiger charge is -2.08. The lowest BCUT2D eigenvalue weighted by molar-refractivity contribution is 0.101. The van der Waals surface area contributed by atoms with E-state index in [0.717, 1.165) is 4.47 Å². The zero-order valence-corrected chi connectivity index (χ0v) is 14.7. The van der Waals surface area contributed by atoms with Crippen molar-refractivity contribution in [2.75, 3.05) is 10.6 Å². The summed E-state index contributed by atoms with van der Waals surface area (Å²) < 4.78 is 0.830. The minimum Gasteiger partial charge on any atom is -0.322 e. The molecule has 2 N–H and O–H groups in total. The molecule has 0 aliphatic rings. The molecule has 0 saturated heterocycles. The minimum absolute atomic E-state index is 0.229. The third-order valence-electron chi connectivity index (χ3n) is 3.39. The third kappa shape index (κ3) is 4.51. The number of hydrogen-bond donors (Lipinski definition) is 2. The summed E-state index contributed by atoms with van der Waals surface area (Å²) in [6.07, 6.45) is 1.60. The molecule has 0 spiro atoms. The van der Waals surface area contributed by atoms with Crippen LogP contribution in [0.3, 0.4) is 0 Å². The highest BCUT2D eigenvalue weighted by molar-refractivity contribution is 9.10. The SMILES string of the molecule is O=C(Nc1cccc(C(=O)Nc2ccc(Br)cn2)c1)c1ccccc1. The van der Waals surface area contributed by atoms with Gasteiger partial charge in [-0.15, -0.1) is 0 Å². The van der Waals surface area contributed by atoms with Crippen molar-refractivity contribution in [3.8, 4) is 0 Å². The van der Waals surface area contributed by atoms with Crippen molar-refractivity contribution in [1.82, 2.24) is 4.98 Å². The number of carbonyl (C=O) groups excluding carboxylic acids is 2. The van der Waals surface area contributed by atoms with Crippen LogP contribution in [0, 0.1) is 0 Å². The number of carbonyl (C=O) groups is 2. The number of nitrogens with zero attached hydrogens (tertiary/aromatic N) is 1. The summed E-state index contributed by atoms with van der Waals surface area (Å²) in [5.74, 6) is -0.0784. The highest BCUT2D eigenvalue weighted by Crippen LogP contribution is 2.15. The van der Waals surface area contributed by atoms with E-state index in [1.807, 2.05) is 6.07 Å². The Bertz CT molecular complexity index is 896. The maximum Gasteiger partial charge on any atom is 0.256 e. The van der Waals surface area contributed by atoms with Crippen LogP contribution in [0.2, 0.25) is 0 Å². The molecular formula is C19H14BrN3O2. The number of aromatic nitrogens is 1. The Morgan fingerprint density at radius 2 is 1.52 bits per heavy atom. The van der Waals surface area contributed by atoms with Crippen LogP contribution in [0.1, 0.15) is 20.7 Å². The summed E-state index contributed by atoms with van der Waals surface area (Å²) in [5, 5.41) is 5.50. The summed E-state index contributed by atoms with van der Waals surface area (Å²) in [6.45, 7) is 0. The molecule has 2 amide bonds. The zero-order chi connectivity index (χ0) is 17.6. The van der Waals surface area contributed by atoms with Gasteiger partial charge in [0.1, 0.15) is 5.82 Å². The Labute approximate surface area is 153 Å². The number of rotatable bonds is 4. The standard InChI is InChI=1S/C19H14BrN3O2/c20-15-9-10-17(21-12-15)23-19(25)14-7-4-8-16(11-14)22-18(24)13-5-2-1-3-6-13/h1-12H,(H,22,24)(H,21,23,25). The quantitative estimate of drug-likeness (QED) is 0.689. The summed E-state index contributed by atoms with van der Waals surface area (Å²) in [5.41, 5.74) is 1.53. The number of amides is 2. The molecule has 2 aromatic carbocycles. The molecule has 0 bridgehead atoms. The molecular weight excluding hydrogens is 382 g/mol. The van der Waals surface area contributed by atoms with Crippen LogP contribution in [0.5, 0.6) is 0 Å². The second kappa shape index (κ2) is 7.72. The van der Waals surface area contributed by atoms with Crippen molar-refractivity contribution >= 4 is 39.2 Å². The van der Waals surface area contributed by atoms with Gasteiger partial charge in [0, 0.05) is 27.5 Å². The van der Waals surface area contributed by atoms with Gasteiger partial charge in [-0.05, 0) is 58.4 Å². The van der Waals surface area contributed by atoms with E-state index in [9.17, 15) is 9.59 Å². The van der Waals surface area contributed by atoms with E-state index in [1.165, 1.54) is 0 Å². The van der Waals surface area contributed by atoms with E-state index in [4.69, 9.17) is 0 Å². The first-order valence-corrected chi connectivity index (χ1v) is 8.30. The number of hydrogen-bond acceptors (Lipinski definition) is 3. The summed E-state index contributed by atoms with van der Waals surface area (Å²) in [4.78, 5) is 28.6. The van der Waals surface area contributed by atoms with Crippen LogP contribution in [0.25, 0.3) is 0 Å². The molecule has 0 aliphatic heterocycles. The van der Waals surface area contributed by atoms with E-state index in [1.54, 1.807) is 66.9 Å². The monoisotopic (exact) mass is 395 g/mol. The molecule has 0 fully saturated rings. The van der Waals surface area contributed by atoms with Crippen LogP contribution in [-0.4, -0.2) is 16.8 Å². The molecule has 25 heavy (non-hydrogen) atoms. The van der Waals surface area contributed by atoms with E-state index in [0.29, 0.717) is 22.6 Å². The van der Waals surface area contributed by atoms with Gasteiger partial charge in [-0.25, -0.2) is 4.98 Å². The van der Waals surface area contributed by atoms with E-state index < -0.39 is 0 Å². The van der Waals surface area contributed by atoms with Gasteiger partial charge < -0.3 is 10.6 Å². The maximum absolute atomic E-state index is 12.3. The van der Waals surface area contributed by atoms with Gasteiger partial charge in [0.2, 0.25) is 0 Å². The molecule has 0 saturated carbocycles. The fourth-order valence-corrected chi connectivity index (χ4v) is 2.40. The predicted molar refractivity (Wildman–Crippen MR) is 101 cm³/mol. The molecule has 1 heterocycles. The van der Waals surface area contributed by atoms with E-state index in [-0.39, 0.29) is 11.8 Å². The van der Waals surface area contributed by atoms with Crippen LogP contribution in [0.15, 0.2) is 77.4 Å². The van der Waals surface area contributed by atoms with Crippen molar-refractivity contribution in [2.24, 2.45) is 0 Å². The van der Waals surface area contributed by atoms with Gasteiger partial charge in [0.25, 0.3) is 11.8 Å². The Balaban J connectivity index is 1.71. The van der Waals surface area contributed by atoms with Crippen molar-refractivity contribution in [3.63, 3.8) is 0 Å². The predicted octanol–water partition coefficient (Wildman–Crippen LogP) is 4.35. The molecule has 5 nitrogen and oxygen atoms in total. The average Bonchev–Trinajstić information content (AvgIpc) is 2.64. The Morgan fingerprint density at radius 1 is 0.800 bits per heavy atom. The molecule has 0 radical (unpaired) electrons. The Hall–Kier alpha value is -2.99. The Morgan fingerprint density at radius 3 is 2.24 bits per heavy atom. The number of benzene rings is 2. The van der Waals surface area contributed by atoms with Gasteiger partial charge in [-0.3, -0.25) is 9.59 Å². The smallest absolute Gasteiger partial charge is 0.256 e. The molecule has 0 unspecified atom stereocenters. The number of pyridine rings is 1. The van der Waals surface area contributed by atoms with Gasteiger partial charge in [0.15, 0.2) is 0 Å². The second-order valence-corrected chi connectivity index (χ2v) is 6.13. The van der Waals surface area contributed by atoms with Crippen molar-refractivity contribution in [2.45, 2.75) is 0 Å². The topological polar surface area (TPSA) is 71.1 Å². The highest BCUT2D eigenvalue weighted by Gasteiger charge is 2.10. The third-order valence-corrected chi connectivity index (χ3v) is 3.86. The van der Waals surface area contributed by atoms with Crippen molar-refractivity contribution < 1.29 is 9.59 Å². The van der Waals surface area contributed by atoms with Gasteiger partial charge in [0.05, 0.1) is 0 Å². The fraction of sp³-hybridized carbons (Fsp3) is 0. The molecule has 3 rings (SSSR count). The van der Waals surface area contributed by atoms with Crippen LogP contribution in [-0.2, 0) is 0 Å². The van der Waals surface area contributed by atoms with E-state index >= 15 is 0 Å². The van der Waals surface area contributed by atoms with Crippen LogP contribution < -0.4 is 10.6 Å². The first-order chi connectivity index (χ1) is 12.1. The number of halogens is 1. The summed E-state index contributed by atoms with van der Waals surface area (Å²) in [6, 6.07) is 19.1. The number of nitrogens with one attached hydrogen (secondary N) is 2. The molecule has 3 aromatic rings. The summed E-state index contributed by atoms with van der Waals surface area (Å²) in [7, 11) is 0. The van der Waals surface area contributed by atoms with Crippen LogP contribution >= 0.6 is 15.9 Å². The first kappa shape index (κ1) is 16.9. The number of anilines is 2. The van der Waals surface area contributed by atoms with Crippen LogP contribution in [0.4, 0.5) is 11.5 Å². The average molecular weight is 396 g/mol. The zero-order valence-electron chi connectivity index (χ0n) is 13.1. The minimum atomic E-state index is -0.300.